The van der Waals surface area contributed by atoms with Crippen molar-refractivity contribution < 1.29 is 14.3 Å². The summed E-state index contributed by atoms with van der Waals surface area (Å²) in [4.78, 5) is 21.0. The Kier molecular flexibility index (Phi) is 7.66. The summed E-state index contributed by atoms with van der Waals surface area (Å²) in [5, 5.41) is 0. The zero-order valence-corrected chi connectivity index (χ0v) is 6.14. The molecule has 0 unspecified atom stereocenters. The third-order valence-corrected chi connectivity index (χ3v) is 0.844. The van der Waals surface area contributed by atoms with Crippen LogP contribution in [-0.4, -0.2) is 35.0 Å². The Morgan fingerprint density at radius 3 is 2.18 bits per heavy atom. The molecule has 0 aliphatic carbocycles. The molecule has 0 aromatic heterocycles. The predicted molar refractivity (Wildman–Crippen MR) is 44.7 cm³/mol. The van der Waals surface area contributed by atoms with E-state index in [2.05, 4.69) is 11.3 Å². The van der Waals surface area contributed by atoms with E-state index < -0.39 is 11.9 Å². The van der Waals surface area contributed by atoms with Crippen molar-refractivity contribution in [2.45, 2.75) is 20.3 Å². The minimum absolute atomic E-state index is 0. The van der Waals surface area contributed by atoms with E-state index in [4.69, 9.17) is 0 Å². The summed E-state index contributed by atoms with van der Waals surface area (Å²) in [5.41, 5.74) is 0.238. The first-order valence-corrected chi connectivity index (χ1v) is 2.98. The lowest BCUT2D eigenvalue weighted by molar-refractivity contribution is -0.156. The first kappa shape index (κ1) is 13.3. The number of esters is 2. The highest BCUT2D eigenvalue weighted by molar-refractivity contribution is 5.95. The van der Waals surface area contributed by atoms with Gasteiger partial charge >= 0.3 is 35.0 Å². The van der Waals surface area contributed by atoms with Crippen molar-refractivity contribution in [2.24, 2.45) is 0 Å². The molecular weight excluding hydrogens is 156 g/mol. The smallest absolute Gasteiger partial charge is 0.340 e. The van der Waals surface area contributed by atoms with Crippen LogP contribution in [-0.2, 0) is 14.3 Å². The normalized spacial score (nSPS) is 7.82. The van der Waals surface area contributed by atoms with Crippen molar-refractivity contribution in [1.29, 1.82) is 0 Å². The lowest BCUT2D eigenvalue weighted by atomic mass is 10.4. The lowest BCUT2D eigenvalue weighted by Crippen LogP contribution is -2.11. The fraction of sp³-hybridized carbons (Fsp3) is 0.429. The number of ether oxygens (including phenoxy) is 1. The molecule has 11 heavy (non-hydrogen) atoms. The Balaban J connectivity index is 0. The van der Waals surface area contributed by atoms with Gasteiger partial charge in [-0.25, -0.2) is 4.79 Å². The van der Waals surface area contributed by atoms with Gasteiger partial charge in [0.15, 0.2) is 0 Å². The highest BCUT2D eigenvalue weighted by atomic mass is 24.3. The fourth-order valence-corrected chi connectivity index (χ4v) is 0.263. The monoisotopic (exact) mass is 168 g/mol. The Hall–Kier alpha value is -0.354. The van der Waals surface area contributed by atoms with E-state index in [0.717, 1.165) is 0 Å². The van der Waals surface area contributed by atoms with Crippen molar-refractivity contribution in [3.05, 3.63) is 12.2 Å². The Morgan fingerprint density at radius 1 is 1.45 bits per heavy atom. The SMILES string of the molecule is C=C(C)C(=O)OC(=O)CC.[MgH2]. The summed E-state index contributed by atoms with van der Waals surface area (Å²) >= 11 is 0. The molecule has 3 nitrogen and oxygen atoms in total. The summed E-state index contributed by atoms with van der Waals surface area (Å²) in [6.07, 6.45) is 0.207. The topological polar surface area (TPSA) is 43.4 Å². The molecule has 0 aliphatic heterocycles. The average molecular weight is 168 g/mol. The maximum atomic E-state index is 10.6. The number of carbonyl (C=O) groups is 2. The van der Waals surface area contributed by atoms with E-state index >= 15 is 0 Å². The summed E-state index contributed by atoms with van der Waals surface area (Å²) < 4.78 is 4.28. The van der Waals surface area contributed by atoms with Crippen LogP contribution in [0.2, 0.25) is 0 Å². The van der Waals surface area contributed by atoms with Crippen molar-refractivity contribution in [3.63, 3.8) is 0 Å². The molecule has 0 atom stereocenters. The van der Waals surface area contributed by atoms with Crippen LogP contribution in [0.15, 0.2) is 12.2 Å². The van der Waals surface area contributed by atoms with Gasteiger partial charge in [0.25, 0.3) is 0 Å². The van der Waals surface area contributed by atoms with Crippen LogP contribution >= 0.6 is 0 Å². The molecule has 0 N–H and O–H groups in total. The molecule has 0 heterocycles. The van der Waals surface area contributed by atoms with Crippen molar-refractivity contribution in [3.8, 4) is 0 Å². The number of rotatable bonds is 2. The van der Waals surface area contributed by atoms with Gasteiger partial charge in [0.05, 0.1) is 0 Å². The molecular formula is C7H12MgO3. The van der Waals surface area contributed by atoms with E-state index in [1.807, 2.05) is 0 Å². The highest BCUT2D eigenvalue weighted by Gasteiger charge is 2.07. The molecule has 0 spiro atoms. The van der Waals surface area contributed by atoms with E-state index in [1.165, 1.54) is 6.92 Å². The Morgan fingerprint density at radius 2 is 1.91 bits per heavy atom. The van der Waals surface area contributed by atoms with Crippen LogP contribution in [0.25, 0.3) is 0 Å². The summed E-state index contributed by atoms with van der Waals surface area (Å²) in [6, 6.07) is 0. The molecule has 0 radical (unpaired) electrons. The second kappa shape index (κ2) is 6.36. The van der Waals surface area contributed by atoms with Gasteiger partial charge in [-0.15, -0.1) is 0 Å². The predicted octanol–water partition coefficient (Wildman–Crippen LogP) is 0.126. The molecule has 0 rings (SSSR count). The van der Waals surface area contributed by atoms with Crippen LogP contribution in [0, 0.1) is 0 Å². The van der Waals surface area contributed by atoms with E-state index in [1.54, 1.807) is 6.92 Å². The molecule has 0 saturated heterocycles. The summed E-state index contributed by atoms with van der Waals surface area (Å²) in [7, 11) is 0. The first-order valence-electron chi connectivity index (χ1n) is 2.98. The van der Waals surface area contributed by atoms with Gasteiger partial charge in [-0.3, -0.25) is 4.79 Å². The van der Waals surface area contributed by atoms with Gasteiger partial charge in [-0.05, 0) is 6.92 Å². The second-order valence-corrected chi connectivity index (χ2v) is 1.90. The lowest BCUT2D eigenvalue weighted by Gasteiger charge is -1.97. The minimum Gasteiger partial charge on any atom is -0.390 e. The Bertz CT molecular complexity index is 175. The molecule has 0 amide bonds. The molecule has 0 aromatic rings. The fourth-order valence-electron chi connectivity index (χ4n) is 0.263. The second-order valence-electron chi connectivity index (χ2n) is 1.90. The van der Waals surface area contributed by atoms with Gasteiger partial charge in [0, 0.05) is 12.0 Å². The molecule has 60 valence electrons. The van der Waals surface area contributed by atoms with Crippen molar-refractivity contribution in [2.75, 3.05) is 0 Å². The van der Waals surface area contributed by atoms with Crippen LogP contribution in [0.5, 0.6) is 0 Å². The van der Waals surface area contributed by atoms with Crippen LogP contribution in [0.4, 0.5) is 0 Å². The summed E-state index contributed by atoms with van der Waals surface area (Å²) in [5.74, 6) is -1.17. The summed E-state index contributed by atoms with van der Waals surface area (Å²) in [6.45, 7) is 6.43. The van der Waals surface area contributed by atoms with E-state index in [0.29, 0.717) is 0 Å². The maximum Gasteiger partial charge on any atom is 0.340 e. The van der Waals surface area contributed by atoms with Crippen LogP contribution in [0.1, 0.15) is 20.3 Å². The zero-order chi connectivity index (χ0) is 8.15. The van der Waals surface area contributed by atoms with Gasteiger partial charge in [0.2, 0.25) is 0 Å². The molecule has 0 aromatic carbocycles. The maximum absolute atomic E-state index is 10.6. The highest BCUT2D eigenvalue weighted by Crippen LogP contribution is 1.93. The molecule has 0 saturated carbocycles. The molecule has 0 aliphatic rings. The van der Waals surface area contributed by atoms with E-state index in [9.17, 15) is 9.59 Å². The van der Waals surface area contributed by atoms with Crippen molar-refractivity contribution >= 4 is 35.0 Å². The van der Waals surface area contributed by atoms with Gasteiger partial charge < -0.3 is 4.74 Å². The third-order valence-electron chi connectivity index (χ3n) is 0.844. The number of carbonyl (C=O) groups excluding carboxylic acids is 2. The number of hydrogen-bond donors (Lipinski definition) is 0. The standard InChI is InChI=1S/C7H10O3.Mg.2H/c1-4-6(8)10-7(9)5(2)3;;;/h2,4H2,1,3H3;;;. The molecule has 0 fully saturated rings. The largest absolute Gasteiger partial charge is 0.390 e. The van der Waals surface area contributed by atoms with E-state index in [-0.39, 0.29) is 35.0 Å². The van der Waals surface area contributed by atoms with Crippen LogP contribution < -0.4 is 0 Å². The molecule has 4 heteroatoms. The quantitative estimate of drug-likeness (QED) is 0.255. The Labute approximate surface area is 81.9 Å². The zero-order valence-electron chi connectivity index (χ0n) is 6.14. The molecule has 0 bridgehead atoms. The van der Waals surface area contributed by atoms with Crippen molar-refractivity contribution in [1.82, 2.24) is 0 Å². The first-order chi connectivity index (χ1) is 4.57. The van der Waals surface area contributed by atoms with Gasteiger partial charge in [-0.2, -0.15) is 0 Å². The number of hydrogen-bond acceptors (Lipinski definition) is 3. The minimum atomic E-state index is -0.646. The third kappa shape index (κ3) is 6.06. The average Bonchev–Trinajstić information content (AvgIpc) is 1.87. The van der Waals surface area contributed by atoms with Gasteiger partial charge in [-0.1, -0.05) is 13.5 Å². The van der Waals surface area contributed by atoms with Crippen LogP contribution in [0.3, 0.4) is 0 Å². The van der Waals surface area contributed by atoms with Gasteiger partial charge in [0.1, 0.15) is 0 Å².